The molecule has 0 aliphatic rings. The summed E-state index contributed by atoms with van der Waals surface area (Å²) < 4.78 is 6.68. The van der Waals surface area contributed by atoms with Gasteiger partial charge in [-0.2, -0.15) is 0 Å². The Bertz CT molecular complexity index is 530. The molecule has 18 heavy (non-hydrogen) atoms. The molecule has 1 aromatic heterocycles. The van der Waals surface area contributed by atoms with Crippen LogP contribution in [0, 0.1) is 6.92 Å². The van der Waals surface area contributed by atoms with Crippen LogP contribution in [0.3, 0.4) is 0 Å². The summed E-state index contributed by atoms with van der Waals surface area (Å²) >= 11 is 3.41. The summed E-state index contributed by atoms with van der Waals surface area (Å²) in [5.41, 5.74) is 4.24. The van der Waals surface area contributed by atoms with Crippen LogP contribution in [0.5, 0.6) is 5.75 Å². The molecule has 2 aromatic rings. The number of hydrazine groups is 1. The molecule has 0 unspecified atom stereocenters. The average molecular weight is 309 g/mol. The lowest BCUT2D eigenvalue weighted by molar-refractivity contribution is 0.298. The Hall–Kier alpha value is -1.66. The largest absolute Gasteiger partial charge is 0.487 e. The molecule has 2 rings (SSSR count). The van der Waals surface area contributed by atoms with E-state index >= 15 is 0 Å². The van der Waals surface area contributed by atoms with Gasteiger partial charge in [0.2, 0.25) is 0 Å². The van der Waals surface area contributed by atoms with Crippen molar-refractivity contribution in [2.45, 2.75) is 13.5 Å². The van der Waals surface area contributed by atoms with E-state index in [1.807, 2.05) is 25.1 Å². The number of nitrogens with zero attached hydrogens (tertiary/aromatic N) is 2. The highest BCUT2D eigenvalue weighted by atomic mass is 79.9. The van der Waals surface area contributed by atoms with E-state index in [9.17, 15) is 0 Å². The summed E-state index contributed by atoms with van der Waals surface area (Å²) in [6.07, 6.45) is 3.19. The monoisotopic (exact) mass is 308 g/mol. The number of anilines is 1. The number of nitrogen functional groups attached to an aromatic ring is 1. The van der Waals surface area contributed by atoms with Crippen molar-refractivity contribution in [2.75, 3.05) is 5.43 Å². The number of nitrogens with one attached hydrogen (secondary N) is 1. The van der Waals surface area contributed by atoms with Crippen molar-refractivity contribution in [3.05, 3.63) is 46.3 Å². The molecule has 1 aromatic carbocycles. The minimum absolute atomic E-state index is 0.370. The van der Waals surface area contributed by atoms with E-state index in [2.05, 4.69) is 31.3 Å². The highest BCUT2D eigenvalue weighted by Crippen LogP contribution is 2.23. The SMILES string of the molecule is Cc1ccc(Br)cc1OCc1cnc(NN)cn1. The fraction of sp³-hybridized carbons (Fsp3) is 0.167. The Balaban J connectivity index is 2.04. The minimum atomic E-state index is 0.370. The molecular weight excluding hydrogens is 296 g/mol. The molecule has 0 saturated carbocycles. The van der Waals surface area contributed by atoms with Crippen molar-refractivity contribution in [3.63, 3.8) is 0 Å². The number of nitrogens with two attached hydrogens (primary N) is 1. The number of hydrogen-bond acceptors (Lipinski definition) is 5. The van der Waals surface area contributed by atoms with Gasteiger partial charge >= 0.3 is 0 Å². The Labute approximate surface area is 113 Å². The van der Waals surface area contributed by atoms with Gasteiger partial charge in [0.1, 0.15) is 12.4 Å². The molecule has 0 atom stereocenters. The van der Waals surface area contributed by atoms with Crippen LogP contribution in [0.1, 0.15) is 11.3 Å². The maximum absolute atomic E-state index is 5.69. The van der Waals surface area contributed by atoms with Crippen molar-refractivity contribution >= 4 is 21.7 Å². The van der Waals surface area contributed by atoms with E-state index in [-0.39, 0.29) is 0 Å². The van der Waals surface area contributed by atoms with E-state index < -0.39 is 0 Å². The number of aryl methyl sites for hydroxylation is 1. The molecule has 94 valence electrons. The van der Waals surface area contributed by atoms with E-state index in [1.165, 1.54) is 0 Å². The first kappa shape index (κ1) is 12.8. The van der Waals surface area contributed by atoms with Crippen LogP contribution in [0.2, 0.25) is 0 Å². The molecule has 0 aliphatic carbocycles. The fourth-order valence-electron chi connectivity index (χ4n) is 1.38. The quantitative estimate of drug-likeness (QED) is 0.670. The summed E-state index contributed by atoms with van der Waals surface area (Å²) in [5, 5.41) is 0. The predicted octanol–water partition coefficient (Wildman–Crippen LogP) is 2.41. The van der Waals surface area contributed by atoms with Crippen molar-refractivity contribution in [1.29, 1.82) is 0 Å². The lowest BCUT2D eigenvalue weighted by atomic mass is 10.2. The standard InChI is InChI=1S/C12H13BrN4O/c1-8-2-3-9(13)4-11(8)18-7-10-5-16-12(17-14)6-15-10/h2-6H,7,14H2,1H3,(H,16,17). The van der Waals surface area contributed by atoms with Crippen LogP contribution in [-0.4, -0.2) is 9.97 Å². The lowest BCUT2D eigenvalue weighted by Crippen LogP contribution is -2.09. The maximum atomic E-state index is 5.69. The highest BCUT2D eigenvalue weighted by molar-refractivity contribution is 9.10. The first-order chi connectivity index (χ1) is 8.69. The van der Waals surface area contributed by atoms with E-state index in [4.69, 9.17) is 10.6 Å². The number of ether oxygens (including phenoxy) is 1. The molecule has 3 N–H and O–H groups in total. The second kappa shape index (κ2) is 5.79. The molecule has 0 bridgehead atoms. The Morgan fingerprint density at radius 2 is 2.17 bits per heavy atom. The zero-order valence-corrected chi connectivity index (χ0v) is 11.4. The average Bonchev–Trinajstić information content (AvgIpc) is 2.40. The van der Waals surface area contributed by atoms with Gasteiger partial charge in [0.05, 0.1) is 18.1 Å². The number of hydrogen-bond donors (Lipinski definition) is 2. The number of halogens is 1. The van der Waals surface area contributed by atoms with Gasteiger partial charge in [0, 0.05) is 4.47 Å². The molecule has 5 nitrogen and oxygen atoms in total. The van der Waals surface area contributed by atoms with Crippen molar-refractivity contribution in [1.82, 2.24) is 9.97 Å². The molecule has 0 aliphatic heterocycles. The van der Waals surface area contributed by atoms with Crippen LogP contribution in [-0.2, 0) is 6.61 Å². The Kier molecular flexibility index (Phi) is 4.11. The first-order valence-corrected chi connectivity index (χ1v) is 6.15. The van der Waals surface area contributed by atoms with E-state index in [1.54, 1.807) is 12.4 Å². The van der Waals surface area contributed by atoms with Gasteiger partial charge in [-0.3, -0.25) is 4.98 Å². The van der Waals surface area contributed by atoms with Crippen LogP contribution in [0.25, 0.3) is 0 Å². The van der Waals surface area contributed by atoms with Gasteiger partial charge in [-0.15, -0.1) is 0 Å². The predicted molar refractivity (Wildman–Crippen MR) is 73.1 cm³/mol. The molecule has 1 heterocycles. The van der Waals surface area contributed by atoms with Crippen LogP contribution in [0.15, 0.2) is 35.1 Å². The number of benzene rings is 1. The Morgan fingerprint density at radius 3 is 2.83 bits per heavy atom. The summed E-state index contributed by atoms with van der Waals surface area (Å²) in [6, 6.07) is 5.90. The van der Waals surface area contributed by atoms with E-state index in [0.29, 0.717) is 12.4 Å². The number of rotatable bonds is 4. The summed E-state index contributed by atoms with van der Waals surface area (Å²) in [7, 11) is 0. The normalized spacial score (nSPS) is 10.2. The zero-order valence-electron chi connectivity index (χ0n) is 9.85. The van der Waals surface area contributed by atoms with Crippen LogP contribution >= 0.6 is 15.9 Å². The summed E-state index contributed by atoms with van der Waals surface area (Å²) in [6.45, 7) is 2.37. The molecule has 0 fully saturated rings. The summed E-state index contributed by atoms with van der Waals surface area (Å²) in [4.78, 5) is 8.24. The maximum Gasteiger partial charge on any atom is 0.158 e. The molecule has 6 heteroatoms. The second-order valence-corrected chi connectivity index (χ2v) is 4.65. The van der Waals surface area contributed by atoms with Crippen molar-refractivity contribution in [2.24, 2.45) is 5.84 Å². The lowest BCUT2D eigenvalue weighted by Gasteiger charge is -2.09. The Morgan fingerprint density at radius 1 is 1.33 bits per heavy atom. The highest BCUT2D eigenvalue weighted by Gasteiger charge is 2.02. The molecule has 0 spiro atoms. The van der Waals surface area contributed by atoms with Gasteiger partial charge in [-0.05, 0) is 24.6 Å². The zero-order chi connectivity index (χ0) is 13.0. The number of aromatic nitrogens is 2. The third-order valence-electron chi connectivity index (χ3n) is 2.38. The van der Waals surface area contributed by atoms with Gasteiger partial charge in [0.25, 0.3) is 0 Å². The van der Waals surface area contributed by atoms with Crippen LogP contribution < -0.4 is 16.0 Å². The molecule has 0 radical (unpaired) electrons. The smallest absolute Gasteiger partial charge is 0.158 e. The molecule has 0 amide bonds. The van der Waals surface area contributed by atoms with Gasteiger partial charge < -0.3 is 10.2 Å². The van der Waals surface area contributed by atoms with Gasteiger partial charge in [-0.25, -0.2) is 10.8 Å². The van der Waals surface area contributed by atoms with Gasteiger partial charge in [-0.1, -0.05) is 22.0 Å². The molecule has 0 saturated heterocycles. The van der Waals surface area contributed by atoms with Crippen LogP contribution in [0.4, 0.5) is 5.82 Å². The van der Waals surface area contributed by atoms with Gasteiger partial charge in [0.15, 0.2) is 5.82 Å². The van der Waals surface area contributed by atoms with Crippen molar-refractivity contribution < 1.29 is 4.74 Å². The third-order valence-corrected chi connectivity index (χ3v) is 2.87. The topological polar surface area (TPSA) is 73.1 Å². The fourth-order valence-corrected chi connectivity index (χ4v) is 1.73. The molecular formula is C12H13BrN4O. The third kappa shape index (κ3) is 3.18. The van der Waals surface area contributed by atoms with E-state index in [0.717, 1.165) is 21.5 Å². The van der Waals surface area contributed by atoms with Crippen molar-refractivity contribution in [3.8, 4) is 5.75 Å². The summed E-state index contributed by atoms with van der Waals surface area (Å²) in [5.74, 6) is 6.56. The first-order valence-electron chi connectivity index (χ1n) is 5.35. The second-order valence-electron chi connectivity index (χ2n) is 3.74. The minimum Gasteiger partial charge on any atom is -0.487 e.